The summed E-state index contributed by atoms with van der Waals surface area (Å²) in [6.45, 7) is 2.88. The monoisotopic (exact) mass is 551 g/mol. The summed E-state index contributed by atoms with van der Waals surface area (Å²) in [7, 11) is 1.98. The zero-order valence-corrected chi connectivity index (χ0v) is 22.8. The molecule has 0 aliphatic rings. The Labute approximate surface area is 232 Å². The first-order valence-corrected chi connectivity index (χ1v) is 12.7. The first kappa shape index (κ1) is 28.6. The molecule has 3 aromatic carbocycles. The molecule has 0 radical (unpaired) electrons. The highest BCUT2D eigenvalue weighted by atomic mass is 35.5. The van der Waals surface area contributed by atoms with Crippen molar-refractivity contribution in [2.75, 3.05) is 30.0 Å². The summed E-state index contributed by atoms with van der Waals surface area (Å²) in [6.07, 6.45) is 0.108. The Morgan fingerprint density at radius 2 is 1.68 bits per heavy atom. The highest BCUT2D eigenvalue weighted by Crippen LogP contribution is 2.27. The van der Waals surface area contributed by atoms with Crippen LogP contribution in [-0.4, -0.2) is 42.9 Å². The maximum Gasteiger partial charge on any atom is 0.307 e. The van der Waals surface area contributed by atoms with Gasteiger partial charge in [-0.3, -0.25) is 15.0 Å². The third-order valence-electron chi connectivity index (χ3n) is 5.83. The Balaban J connectivity index is 0.00000400. The first-order valence-electron chi connectivity index (χ1n) is 11.9. The number of fused-ring (bicyclic) bond motifs is 1. The number of anilines is 2. The van der Waals surface area contributed by atoms with Crippen LogP contribution in [0.15, 0.2) is 72.8 Å². The quantitative estimate of drug-likeness (QED) is 0.158. The maximum atomic E-state index is 13.5. The molecule has 10 heteroatoms. The average Bonchev–Trinajstić information content (AvgIpc) is 3.31. The van der Waals surface area contributed by atoms with Crippen molar-refractivity contribution in [3.8, 4) is 0 Å². The van der Waals surface area contributed by atoms with E-state index >= 15 is 0 Å². The molecule has 0 spiro atoms. The summed E-state index contributed by atoms with van der Waals surface area (Å²) >= 11 is 1.58. The first-order chi connectivity index (χ1) is 17.9. The molecule has 4 aromatic rings. The van der Waals surface area contributed by atoms with Crippen LogP contribution in [-0.2, 0) is 16.1 Å². The number of ether oxygens (including phenoxy) is 1. The molecule has 8 nitrogen and oxygen atoms in total. The van der Waals surface area contributed by atoms with E-state index in [0.717, 1.165) is 20.9 Å². The fraction of sp³-hybridized carbons (Fsp3) is 0.214. The van der Waals surface area contributed by atoms with Gasteiger partial charge in [-0.15, -0.1) is 23.7 Å². The largest absolute Gasteiger partial charge is 0.466 e. The fourth-order valence-corrected chi connectivity index (χ4v) is 4.91. The van der Waals surface area contributed by atoms with E-state index in [1.807, 2.05) is 67.7 Å². The Morgan fingerprint density at radius 1 is 1.00 bits per heavy atom. The van der Waals surface area contributed by atoms with Gasteiger partial charge in [0.15, 0.2) is 0 Å². The third-order valence-corrected chi connectivity index (χ3v) is 6.85. The number of hydrogen-bond donors (Lipinski definition) is 2. The molecule has 0 saturated carbocycles. The lowest BCUT2D eigenvalue weighted by Crippen LogP contribution is -2.33. The second kappa shape index (κ2) is 13.0. The van der Waals surface area contributed by atoms with E-state index < -0.39 is 0 Å². The molecule has 1 heterocycles. The average molecular weight is 552 g/mol. The molecule has 0 aliphatic heterocycles. The number of rotatable bonds is 10. The molecule has 0 aliphatic carbocycles. The molecule has 198 valence electrons. The van der Waals surface area contributed by atoms with E-state index in [0.29, 0.717) is 30.0 Å². The van der Waals surface area contributed by atoms with Gasteiger partial charge in [0.05, 0.1) is 29.8 Å². The van der Waals surface area contributed by atoms with Gasteiger partial charge in [0.25, 0.3) is 5.91 Å². The lowest BCUT2D eigenvalue weighted by molar-refractivity contribution is -0.142. The molecule has 0 unspecified atom stereocenters. The smallest absolute Gasteiger partial charge is 0.307 e. The topological polar surface area (TPSA) is 113 Å². The summed E-state index contributed by atoms with van der Waals surface area (Å²) in [5, 5.41) is 8.46. The fourth-order valence-electron chi connectivity index (χ4n) is 3.91. The number of nitrogens with zero attached hydrogens (tertiary/aromatic N) is 3. The van der Waals surface area contributed by atoms with Crippen molar-refractivity contribution in [2.24, 2.45) is 5.73 Å². The SMILES string of the molecule is CCOC(=O)CCN(C(=O)c1ccc2sc(CN(C)c3ccc(C(=N)N)cc3)nc2c1)c1ccccc1.Cl. The molecule has 1 aromatic heterocycles. The minimum absolute atomic E-state index is 0. The van der Waals surface area contributed by atoms with E-state index in [1.165, 1.54) is 0 Å². The Morgan fingerprint density at radius 3 is 2.34 bits per heavy atom. The van der Waals surface area contributed by atoms with Gasteiger partial charge in [0, 0.05) is 36.1 Å². The van der Waals surface area contributed by atoms with Gasteiger partial charge in [-0.25, -0.2) is 4.98 Å². The Bertz CT molecular complexity index is 1410. The minimum atomic E-state index is -0.337. The standard InChI is InChI=1S/C28H29N5O3S.ClH/c1-3-36-26(34)15-16-33(22-7-5-4-6-8-22)28(35)20-11-14-24-23(17-20)31-25(37-24)18-32(2)21-12-9-19(10-13-21)27(29)30;/h4-14,17H,3,15-16,18H2,1-2H3,(H3,29,30);1H. The Kier molecular flexibility index (Phi) is 9.81. The number of para-hydroxylation sites is 1. The molecule has 0 saturated heterocycles. The number of carbonyl (C=O) groups is 2. The van der Waals surface area contributed by atoms with Crippen LogP contribution in [0.5, 0.6) is 0 Å². The van der Waals surface area contributed by atoms with Crippen LogP contribution in [0.1, 0.15) is 34.3 Å². The van der Waals surface area contributed by atoms with Crippen molar-refractivity contribution < 1.29 is 14.3 Å². The highest BCUT2D eigenvalue weighted by molar-refractivity contribution is 7.18. The number of hydrogen-bond acceptors (Lipinski definition) is 7. The number of nitrogens with one attached hydrogen (secondary N) is 1. The van der Waals surface area contributed by atoms with Gasteiger partial charge in [-0.2, -0.15) is 0 Å². The number of amides is 1. The van der Waals surface area contributed by atoms with Crippen LogP contribution >= 0.6 is 23.7 Å². The van der Waals surface area contributed by atoms with Gasteiger partial charge in [-0.1, -0.05) is 18.2 Å². The minimum Gasteiger partial charge on any atom is -0.466 e. The molecule has 3 N–H and O–H groups in total. The number of nitrogen functional groups attached to an aromatic ring is 1. The van der Waals surface area contributed by atoms with Gasteiger partial charge in [0.2, 0.25) is 0 Å². The van der Waals surface area contributed by atoms with Crippen LogP contribution in [0.3, 0.4) is 0 Å². The number of amidine groups is 1. The van der Waals surface area contributed by atoms with Crippen LogP contribution < -0.4 is 15.5 Å². The number of halogens is 1. The lowest BCUT2D eigenvalue weighted by Gasteiger charge is -2.22. The number of nitrogens with two attached hydrogens (primary N) is 1. The van der Waals surface area contributed by atoms with E-state index in [1.54, 1.807) is 35.3 Å². The van der Waals surface area contributed by atoms with Crippen LogP contribution in [0.2, 0.25) is 0 Å². The second-order valence-electron chi connectivity index (χ2n) is 8.45. The number of esters is 1. The second-order valence-corrected chi connectivity index (χ2v) is 9.57. The molecule has 1 amide bonds. The van der Waals surface area contributed by atoms with Crippen molar-refractivity contribution in [2.45, 2.75) is 19.9 Å². The Hall–Kier alpha value is -3.95. The highest BCUT2D eigenvalue weighted by Gasteiger charge is 2.20. The summed E-state index contributed by atoms with van der Waals surface area (Å²) in [5.41, 5.74) is 9.19. The van der Waals surface area contributed by atoms with Crippen molar-refractivity contribution in [3.05, 3.63) is 88.9 Å². The van der Waals surface area contributed by atoms with Crippen molar-refractivity contribution in [3.63, 3.8) is 0 Å². The van der Waals surface area contributed by atoms with E-state index in [-0.39, 0.29) is 43.1 Å². The van der Waals surface area contributed by atoms with E-state index in [2.05, 4.69) is 4.90 Å². The van der Waals surface area contributed by atoms with E-state index in [4.69, 9.17) is 20.9 Å². The zero-order chi connectivity index (χ0) is 26.4. The van der Waals surface area contributed by atoms with Gasteiger partial charge < -0.3 is 20.3 Å². The molecule has 0 atom stereocenters. The zero-order valence-electron chi connectivity index (χ0n) is 21.2. The summed E-state index contributed by atoms with van der Waals surface area (Å²) in [4.78, 5) is 33.9. The number of carbonyl (C=O) groups excluding carboxylic acids is 2. The van der Waals surface area contributed by atoms with Gasteiger partial charge in [-0.05, 0) is 61.5 Å². The van der Waals surface area contributed by atoms with Crippen LogP contribution in [0.4, 0.5) is 11.4 Å². The van der Waals surface area contributed by atoms with E-state index in [9.17, 15) is 9.59 Å². The summed E-state index contributed by atoms with van der Waals surface area (Å²) < 4.78 is 6.04. The summed E-state index contributed by atoms with van der Waals surface area (Å²) in [5.74, 6) is -0.497. The summed E-state index contributed by atoms with van der Waals surface area (Å²) in [6, 6.07) is 22.3. The number of benzene rings is 3. The predicted molar refractivity (Wildman–Crippen MR) is 156 cm³/mol. The molecule has 0 fully saturated rings. The molecular formula is C28H30ClN5O3S. The molecule has 4 rings (SSSR count). The van der Waals surface area contributed by atoms with Crippen LogP contribution in [0, 0.1) is 5.41 Å². The van der Waals surface area contributed by atoms with Gasteiger partial charge in [0.1, 0.15) is 10.8 Å². The predicted octanol–water partition coefficient (Wildman–Crippen LogP) is 5.24. The van der Waals surface area contributed by atoms with Gasteiger partial charge >= 0.3 is 5.97 Å². The molecule has 38 heavy (non-hydrogen) atoms. The third kappa shape index (κ3) is 6.87. The van der Waals surface area contributed by atoms with Crippen molar-refractivity contribution >= 4 is 63.0 Å². The normalized spacial score (nSPS) is 10.5. The van der Waals surface area contributed by atoms with Crippen molar-refractivity contribution in [1.82, 2.24) is 4.98 Å². The number of aromatic nitrogens is 1. The molecular weight excluding hydrogens is 522 g/mol. The lowest BCUT2D eigenvalue weighted by atomic mass is 10.1. The van der Waals surface area contributed by atoms with Crippen molar-refractivity contribution in [1.29, 1.82) is 5.41 Å². The number of thiazole rings is 1. The molecule has 0 bridgehead atoms. The van der Waals surface area contributed by atoms with Crippen LogP contribution in [0.25, 0.3) is 10.2 Å². The maximum absolute atomic E-state index is 13.5.